The van der Waals surface area contributed by atoms with Gasteiger partial charge in [0, 0.05) is 39.1 Å². The first-order valence-electron chi connectivity index (χ1n) is 9.44. The van der Waals surface area contributed by atoms with Gasteiger partial charge in [-0.25, -0.2) is 9.18 Å². The molecule has 8 heteroatoms. The molecule has 1 unspecified atom stereocenters. The first kappa shape index (κ1) is 20.6. The Morgan fingerprint density at radius 1 is 1.03 bits per heavy atom. The average molecular weight is 401 g/mol. The molecule has 0 saturated carbocycles. The molecule has 0 aromatic heterocycles. The van der Waals surface area contributed by atoms with Crippen LogP contribution in [-0.4, -0.2) is 64.2 Å². The number of phenols is 1. The summed E-state index contributed by atoms with van der Waals surface area (Å²) < 4.78 is 13.6. The molecular formula is C21H24FN3O4. The second-order valence-electron chi connectivity index (χ2n) is 7.08. The summed E-state index contributed by atoms with van der Waals surface area (Å²) in [7, 11) is 0. The number of amides is 2. The topological polar surface area (TPSA) is 93.1 Å². The van der Waals surface area contributed by atoms with Crippen LogP contribution in [0.2, 0.25) is 0 Å². The fourth-order valence-electron chi connectivity index (χ4n) is 3.45. The van der Waals surface area contributed by atoms with Crippen LogP contribution in [0.4, 0.5) is 9.18 Å². The van der Waals surface area contributed by atoms with Crippen molar-refractivity contribution in [2.24, 2.45) is 0 Å². The number of nitrogens with zero attached hydrogens (tertiary/aromatic N) is 2. The van der Waals surface area contributed by atoms with Crippen LogP contribution in [0, 0.1) is 5.82 Å². The lowest BCUT2D eigenvalue weighted by Crippen LogP contribution is -2.55. The van der Waals surface area contributed by atoms with E-state index in [4.69, 9.17) is 5.11 Å². The minimum atomic E-state index is -1.31. The lowest BCUT2D eigenvalue weighted by Gasteiger charge is -2.36. The average Bonchev–Trinajstić information content (AvgIpc) is 2.71. The molecular weight excluding hydrogens is 377 g/mol. The molecule has 7 nitrogen and oxygen atoms in total. The summed E-state index contributed by atoms with van der Waals surface area (Å²) in [6.07, 6.45) is -1.31. The minimum absolute atomic E-state index is 0.00651. The van der Waals surface area contributed by atoms with Gasteiger partial charge in [-0.15, -0.1) is 0 Å². The largest absolute Gasteiger partial charge is 0.505 e. The SMILES string of the molecule is O=C(O)NC(Cc1ccc(O)c(F)c1)C(=O)N1CCN(Cc2ccccc2)CC1. The normalized spacial score (nSPS) is 15.7. The molecule has 154 valence electrons. The molecule has 0 bridgehead atoms. The molecule has 0 radical (unpaired) electrons. The number of nitrogens with one attached hydrogen (secondary N) is 1. The van der Waals surface area contributed by atoms with Crippen molar-refractivity contribution in [1.82, 2.24) is 15.1 Å². The van der Waals surface area contributed by atoms with Crippen LogP contribution >= 0.6 is 0 Å². The number of rotatable bonds is 6. The van der Waals surface area contributed by atoms with Crippen LogP contribution in [0.15, 0.2) is 48.5 Å². The highest BCUT2D eigenvalue weighted by atomic mass is 19.1. The van der Waals surface area contributed by atoms with E-state index in [-0.39, 0.29) is 12.3 Å². The van der Waals surface area contributed by atoms with Gasteiger partial charge < -0.3 is 20.4 Å². The van der Waals surface area contributed by atoms with Gasteiger partial charge in [0.2, 0.25) is 5.91 Å². The van der Waals surface area contributed by atoms with Crippen LogP contribution < -0.4 is 5.32 Å². The van der Waals surface area contributed by atoms with Crippen LogP contribution in [0.1, 0.15) is 11.1 Å². The summed E-state index contributed by atoms with van der Waals surface area (Å²) in [5, 5.41) is 20.6. The number of carboxylic acid groups (broad SMARTS) is 1. The maximum Gasteiger partial charge on any atom is 0.405 e. The van der Waals surface area contributed by atoms with Crippen molar-refractivity contribution in [2.75, 3.05) is 26.2 Å². The number of carbonyl (C=O) groups is 2. The molecule has 1 heterocycles. The van der Waals surface area contributed by atoms with E-state index in [0.29, 0.717) is 31.7 Å². The minimum Gasteiger partial charge on any atom is -0.505 e. The molecule has 0 spiro atoms. The van der Waals surface area contributed by atoms with E-state index in [2.05, 4.69) is 22.3 Å². The third-order valence-corrected chi connectivity index (χ3v) is 4.98. The van der Waals surface area contributed by atoms with E-state index in [1.807, 2.05) is 18.2 Å². The Hall–Kier alpha value is -3.13. The molecule has 3 N–H and O–H groups in total. The summed E-state index contributed by atoms with van der Waals surface area (Å²) in [6.45, 7) is 3.16. The molecule has 1 aliphatic rings. The lowest BCUT2D eigenvalue weighted by atomic mass is 10.0. The molecule has 0 aliphatic carbocycles. The van der Waals surface area contributed by atoms with Gasteiger partial charge in [-0.1, -0.05) is 36.4 Å². The molecule has 29 heavy (non-hydrogen) atoms. The van der Waals surface area contributed by atoms with Crippen LogP contribution in [0.5, 0.6) is 5.75 Å². The highest BCUT2D eigenvalue weighted by Gasteiger charge is 2.29. The van der Waals surface area contributed by atoms with E-state index in [1.54, 1.807) is 4.90 Å². The summed E-state index contributed by atoms with van der Waals surface area (Å²) >= 11 is 0. The van der Waals surface area contributed by atoms with E-state index in [1.165, 1.54) is 17.7 Å². The van der Waals surface area contributed by atoms with E-state index in [0.717, 1.165) is 12.6 Å². The van der Waals surface area contributed by atoms with E-state index >= 15 is 0 Å². The van der Waals surface area contributed by atoms with Crippen molar-refractivity contribution in [3.8, 4) is 5.75 Å². The summed E-state index contributed by atoms with van der Waals surface area (Å²) in [6, 6.07) is 12.8. The highest BCUT2D eigenvalue weighted by molar-refractivity contribution is 5.85. The van der Waals surface area contributed by atoms with Crippen LogP contribution in [0.25, 0.3) is 0 Å². The van der Waals surface area contributed by atoms with Crippen molar-refractivity contribution in [1.29, 1.82) is 0 Å². The molecule has 2 aromatic rings. The Kier molecular flexibility index (Phi) is 6.66. The Balaban J connectivity index is 1.60. The van der Waals surface area contributed by atoms with E-state index in [9.17, 15) is 19.1 Å². The molecule has 2 aromatic carbocycles. The lowest BCUT2D eigenvalue weighted by molar-refractivity contribution is -0.135. The van der Waals surface area contributed by atoms with Gasteiger partial charge in [0.1, 0.15) is 6.04 Å². The number of phenolic OH excluding ortho intramolecular Hbond substituents is 1. The summed E-state index contributed by atoms with van der Waals surface area (Å²) in [5.41, 5.74) is 1.63. The summed E-state index contributed by atoms with van der Waals surface area (Å²) in [4.78, 5) is 27.9. The van der Waals surface area contributed by atoms with Gasteiger partial charge in [0.25, 0.3) is 0 Å². The first-order chi connectivity index (χ1) is 13.9. The maximum absolute atomic E-state index is 13.6. The molecule has 1 atom stereocenters. The Morgan fingerprint density at radius 2 is 1.72 bits per heavy atom. The van der Waals surface area contributed by atoms with Crippen LogP contribution in [-0.2, 0) is 17.8 Å². The fourth-order valence-corrected chi connectivity index (χ4v) is 3.45. The predicted molar refractivity (Wildman–Crippen MR) is 105 cm³/mol. The maximum atomic E-state index is 13.6. The van der Waals surface area contributed by atoms with Gasteiger partial charge >= 0.3 is 6.09 Å². The van der Waals surface area contributed by atoms with Crippen molar-refractivity contribution in [2.45, 2.75) is 19.0 Å². The first-order valence-corrected chi connectivity index (χ1v) is 9.44. The number of hydrogen-bond donors (Lipinski definition) is 3. The smallest absolute Gasteiger partial charge is 0.405 e. The zero-order chi connectivity index (χ0) is 20.8. The standard InChI is InChI=1S/C21H24FN3O4/c22-17-12-16(6-7-19(17)26)13-18(23-21(28)29)20(27)25-10-8-24(9-11-25)14-15-4-2-1-3-5-15/h1-7,12,18,23,26H,8-11,13-14H2,(H,28,29). The monoisotopic (exact) mass is 401 g/mol. The molecule has 2 amide bonds. The number of piperazine rings is 1. The van der Waals surface area contributed by atoms with Gasteiger partial charge in [0.05, 0.1) is 0 Å². The molecule has 3 rings (SSSR count). The molecule has 1 fully saturated rings. The Morgan fingerprint density at radius 3 is 2.34 bits per heavy atom. The van der Waals surface area contributed by atoms with Gasteiger partial charge in [-0.05, 0) is 23.3 Å². The van der Waals surface area contributed by atoms with Gasteiger partial charge in [-0.3, -0.25) is 9.69 Å². The molecule has 1 aliphatic heterocycles. The van der Waals surface area contributed by atoms with Crippen molar-refractivity contribution >= 4 is 12.0 Å². The predicted octanol–water partition coefficient (Wildman–Crippen LogP) is 2.05. The number of carbonyl (C=O) groups excluding carboxylic acids is 1. The Labute approximate surface area is 168 Å². The van der Waals surface area contributed by atoms with Crippen molar-refractivity contribution in [3.05, 3.63) is 65.5 Å². The second-order valence-corrected chi connectivity index (χ2v) is 7.08. The number of halogens is 1. The number of aromatic hydroxyl groups is 1. The number of benzene rings is 2. The quantitative estimate of drug-likeness (QED) is 0.689. The summed E-state index contributed by atoms with van der Waals surface area (Å²) in [5.74, 6) is -1.63. The second kappa shape index (κ2) is 9.38. The van der Waals surface area contributed by atoms with Gasteiger partial charge in [0.15, 0.2) is 11.6 Å². The zero-order valence-corrected chi connectivity index (χ0v) is 15.9. The van der Waals surface area contributed by atoms with Crippen molar-refractivity contribution in [3.63, 3.8) is 0 Å². The molecule has 1 saturated heterocycles. The highest BCUT2D eigenvalue weighted by Crippen LogP contribution is 2.18. The zero-order valence-electron chi connectivity index (χ0n) is 15.9. The number of hydrogen-bond acceptors (Lipinski definition) is 4. The van der Waals surface area contributed by atoms with Crippen LogP contribution in [0.3, 0.4) is 0 Å². The van der Waals surface area contributed by atoms with Gasteiger partial charge in [-0.2, -0.15) is 0 Å². The Bertz CT molecular complexity index is 854. The fraction of sp³-hybridized carbons (Fsp3) is 0.333. The third-order valence-electron chi connectivity index (χ3n) is 4.98. The van der Waals surface area contributed by atoms with E-state index < -0.39 is 23.7 Å². The van der Waals surface area contributed by atoms with Crippen molar-refractivity contribution < 1.29 is 24.2 Å². The third kappa shape index (κ3) is 5.68.